The first-order chi connectivity index (χ1) is 16.4. The zero-order valence-corrected chi connectivity index (χ0v) is 18.6. The molecular formula is C25H18F2N4O2S. The standard InChI is InChI=1S/C25H18F2N4O2S/c26-18-4-7-20(8-5-18)29-24(33)31-10-11-34-25(31)21-13-19(27)6-9-22(21)30(23(25)32)15-17-3-1-2-16(12-17)14-28/h1-9,12-13H,10-11,15H2,(H,29,33). The van der Waals surface area contributed by atoms with Gasteiger partial charge in [0.2, 0.25) is 0 Å². The van der Waals surface area contributed by atoms with Crippen molar-refractivity contribution >= 4 is 35.1 Å². The molecule has 2 heterocycles. The van der Waals surface area contributed by atoms with Gasteiger partial charge in [-0.2, -0.15) is 5.26 Å². The van der Waals surface area contributed by atoms with E-state index < -0.39 is 22.5 Å². The van der Waals surface area contributed by atoms with Crippen LogP contribution in [-0.4, -0.2) is 29.1 Å². The minimum absolute atomic E-state index is 0.169. The van der Waals surface area contributed by atoms with Gasteiger partial charge < -0.3 is 10.2 Å². The number of nitrogens with zero attached hydrogens (tertiary/aromatic N) is 3. The van der Waals surface area contributed by atoms with Gasteiger partial charge in [0.1, 0.15) is 11.6 Å². The fourth-order valence-corrected chi connectivity index (χ4v) is 5.84. The van der Waals surface area contributed by atoms with Gasteiger partial charge in [-0.25, -0.2) is 13.6 Å². The van der Waals surface area contributed by atoms with Crippen LogP contribution in [0.2, 0.25) is 0 Å². The Kier molecular flexibility index (Phi) is 5.46. The highest BCUT2D eigenvalue weighted by Crippen LogP contribution is 2.54. The Hall–Kier alpha value is -3.90. The van der Waals surface area contributed by atoms with Crippen LogP contribution in [0.5, 0.6) is 0 Å². The molecule has 2 aliphatic rings. The summed E-state index contributed by atoms with van der Waals surface area (Å²) in [6.45, 7) is 0.444. The fourth-order valence-electron chi connectivity index (χ4n) is 4.39. The molecule has 1 N–H and O–H groups in total. The summed E-state index contributed by atoms with van der Waals surface area (Å²) in [6.07, 6.45) is 0. The average Bonchev–Trinajstić information content (AvgIpc) is 3.38. The maximum absolute atomic E-state index is 14.4. The van der Waals surface area contributed by atoms with E-state index in [1.54, 1.807) is 24.3 Å². The van der Waals surface area contributed by atoms with Crippen molar-refractivity contribution in [2.45, 2.75) is 11.4 Å². The summed E-state index contributed by atoms with van der Waals surface area (Å²) >= 11 is 1.28. The second-order valence-corrected chi connectivity index (χ2v) is 9.23. The predicted octanol–water partition coefficient (Wildman–Crippen LogP) is 4.82. The lowest BCUT2D eigenvalue weighted by atomic mass is 10.1. The number of carbonyl (C=O) groups is 2. The number of benzene rings is 3. The molecule has 1 saturated heterocycles. The monoisotopic (exact) mass is 476 g/mol. The van der Waals surface area contributed by atoms with Crippen molar-refractivity contribution in [1.82, 2.24) is 4.90 Å². The van der Waals surface area contributed by atoms with Gasteiger partial charge in [-0.05, 0) is 60.2 Å². The van der Waals surface area contributed by atoms with Crippen molar-refractivity contribution in [3.63, 3.8) is 0 Å². The highest BCUT2D eigenvalue weighted by molar-refractivity contribution is 8.01. The summed E-state index contributed by atoms with van der Waals surface area (Å²) in [5.74, 6) is -0.813. The molecule has 3 aromatic carbocycles. The minimum atomic E-state index is -1.42. The van der Waals surface area contributed by atoms with Crippen LogP contribution >= 0.6 is 11.8 Å². The molecule has 1 spiro atoms. The van der Waals surface area contributed by atoms with Gasteiger partial charge in [0.25, 0.3) is 5.91 Å². The van der Waals surface area contributed by atoms with E-state index in [9.17, 15) is 23.6 Å². The van der Waals surface area contributed by atoms with E-state index in [0.29, 0.717) is 28.3 Å². The molecule has 1 atom stereocenters. The topological polar surface area (TPSA) is 76.4 Å². The molecule has 3 amide bonds. The van der Waals surface area contributed by atoms with E-state index in [0.717, 1.165) is 5.56 Å². The molecule has 2 aliphatic heterocycles. The van der Waals surface area contributed by atoms with Crippen LogP contribution in [0.1, 0.15) is 16.7 Å². The predicted molar refractivity (Wildman–Crippen MR) is 125 cm³/mol. The van der Waals surface area contributed by atoms with Crippen molar-refractivity contribution in [2.75, 3.05) is 22.5 Å². The molecule has 1 fully saturated rings. The van der Waals surface area contributed by atoms with Gasteiger partial charge in [-0.3, -0.25) is 9.69 Å². The summed E-state index contributed by atoms with van der Waals surface area (Å²) in [5, 5.41) is 11.9. The molecule has 9 heteroatoms. The Balaban J connectivity index is 1.53. The Morgan fingerprint density at radius 2 is 1.85 bits per heavy atom. The van der Waals surface area contributed by atoms with Crippen molar-refractivity contribution in [1.29, 1.82) is 5.26 Å². The summed E-state index contributed by atoms with van der Waals surface area (Å²) < 4.78 is 27.6. The quantitative estimate of drug-likeness (QED) is 0.588. The van der Waals surface area contributed by atoms with Gasteiger partial charge >= 0.3 is 6.03 Å². The van der Waals surface area contributed by atoms with E-state index in [2.05, 4.69) is 11.4 Å². The third-order valence-corrected chi connectivity index (χ3v) is 7.31. The number of anilines is 2. The lowest BCUT2D eigenvalue weighted by molar-refractivity contribution is -0.123. The number of amides is 3. The van der Waals surface area contributed by atoms with Crippen LogP contribution in [0.25, 0.3) is 0 Å². The summed E-state index contributed by atoms with van der Waals surface area (Å²) in [6, 6.07) is 17.9. The molecular weight excluding hydrogens is 458 g/mol. The largest absolute Gasteiger partial charge is 0.323 e. The second kappa shape index (κ2) is 8.47. The third kappa shape index (κ3) is 3.56. The van der Waals surface area contributed by atoms with Gasteiger partial charge in [0.05, 0.1) is 23.9 Å². The fraction of sp³-hybridized carbons (Fsp3) is 0.160. The highest BCUT2D eigenvalue weighted by Gasteiger charge is 2.59. The van der Waals surface area contributed by atoms with Crippen molar-refractivity contribution in [3.8, 4) is 6.07 Å². The number of halogens is 2. The molecule has 0 radical (unpaired) electrons. The maximum atomic E-state index is 14.4. The first-order valence-electron chi connectivity index (χ1n) is 10.5. The molecule has 34 heavy (non-hydrogen) atoms. The number of hydrogen-bond acceptors (Lipinski definition) is 4. The average molecular weight is 477 g/mol. The Morgan fingerprint density at radius 1 is 1.09 bits per heavy atom. The van der Waals surface area contributed by atoms with E-state index >= 15 is 0 Å². The molecule has 0 saturated carbocycles. The number of hydrogen-bond donors (Lipinski definition) is 1. The summed E-state index contributed by atoms with van der Waals surface area (Å²) in [7, 11) is 0. The SMILES string of the molecule is N#Cc1cccc(CN2C(=O)C3(SCCN3C(=O)Nc3ccc(F)cc3)c3cc(F)ccc32)c1. The van der Waals surface area contributed by atoms with Gasteiger partial charge in [-0.15, -0.1) is 11.8 Å². The normalized spacial score (nSPS) is 18.8. The van der Waals surface area contributed by atoms with Crippen LogP contribution in [0, 0.1) is 23.0 Å². The van der Waals surface area contributed by atoms with Crippen LogP contribution < -0.4 is 10.2 Å². The lowest BCUT2D eigenvalue weighted by Crippen LogP contribution is -2.51. The van der Waals surface area contributed by atoms with Crippen molar-refractivity contribution < 1.29 is 18.4 Å². The lowest BCUT2D eigenvalue weighted by Gasteiger charge is -2.33. The Bertz CT molecular complexity index is 1340. The third-order valence-electron chi connectivity index (χ3n) is 5.89. The van der Waals surface area contributed by atoms with Crippen LogP contribution in [0.4, 0.5) is 25.0 Å². The van der Waals surface area contributed by atoms with Crippen LogP contribution in [0.3, 0.4) is 0 Å². The smallest absolute Gasteiger partial charge is 0.308 e. The minimum Gasteiger partial charge on any atom is -0.308 e. The van der Waals surface area contributed by atoms with E-state index in [1.165, 1.54) is 58.0 Å². The van der Waals surface area contributed by atoms with Crippen molar-refractivity contribution in [2.24, 2.45) is 0 Å². The molecule has 6 nitrogen and oxygen atoms in total. The van der Waals surface area contributed by atoms with Crippen molar-refractivity contribution in [3.05, 3.63) is 95.1 Å². The van der Waals surface area contributed by atoms with Gasteiger partial charge in [0, 0.05) is 23.5 Å². The van der Waals surface area contributed by atoms with Crippen LogP contribution in [-0.2, 0) is 16.2 Å². The molecule has 3 aromatic rings. The number of fused-ring (bicyclic) bond motifs is 2. The second-order valence-electron chi connectivity index (χ2n) is 7.95. The molecule has 5 rings (SSSR count). The number of rotatable bonds is 3. The maximum Gasteiger partial charge on any atom is 0.323 e. The van der Waals surface area contributed by atoms with E-state index in [4.69, 9.17) is 0 Å². The first-order valence-corrected chi connectivity index (χ1v) is 11.5. The molecule has 1 unspecified atom stereocenters. The first kappa shape index (κ1) is 21.9. The van der Waals surface area contributed by atoms with E-state index in [-0.39, 0.29) is 19.0 Å². The van der Waals surface area contributed by atoms with Gasteiger partial charge in [0.15, 0.2) is 4.87 Å². The molecule has 0 aliphatic carbocycles. The number of nitriles is 1. The zero-order valence-electron chi connectivity index (χ0n) is 17.8. The number of urea groups is 1. The zero-order chi connectivity index (χ0) is 23.9. The Labute approximate surface area is 198 Å². The number of thioether (sulfide) groups is 1. The highest BCUT2D eigenvalue weighted by atomic mass is 32.2. The molecule has 170 valence electrons. The number of nitrogens with one attached hydrogen (secondary N) is 1. The molecule has 0 aromatic heterocycles. The molecule has 0 bridgehead atoms. The number of carbonyl (C=O) groups excluding carboxylic acids is 2. The summed E-state index contributed by atoms with van der Waals surface area (Å²) in [4.78, 5) is 28.7. The Morgan fingerprint density at radius 3 is 2.62 bits per heavy atom. The van der Waals surface area contributed by atoms with Crippen LogP contribution in [0.15, 0.2) is 66.7 Å². The summed E-state index contributed by atoms with van der Waals surface area (Å²) in [5.41, 5.74) is 2.51. The van der Waals surface area contributed by atoms with E-state index in [1.807, 2.05) is 6.07 Å². The van der Waals surface area contributed by atoms with Gasteiger partial charge in [-0.1, -0.05) is 12.1 Å².